The molecule has 0 bridgehead atoms. The van der Waals surface area contributed by atoms with E-state index in [0.717, 1.165) is 4.96 Å². The zero-order valence-corrected chi connectivity index (χ0v) is 14.8. The smallest absolute Gasteiger partial charge is 0.411 e. The van der Waals surface area contributed by atoms with Gasteiger partial charge in [0.1, 0.15) is 6.61 Å². The fourth-order valence-electron chi connectivity index (χ4n) is 2.16. The van der Waals surface area contributed by atoms with Crippen molar-refractivity contribution in [3.8, 4) is 0 Å². The van der Waals surface area contributed by atoms with Crippen molar-refractivity contribution >= 4 is 45.6 Å². The summed E-state index contributed by atoms with van der Waals surface area (Å²) in [6, 6.07) is 6.39. The van der Waals surface area contributed by atoms with Crippen molar-refractivity contribution in [1.29, 1.82) is 0 Å². The van der Waals surface area contributed by atoms with Crippen LogP contribution in [0.15, 0.2) is 35.8 Å². The summed E-state index contributed by atoms with van der Waals surface area (Å²) in [7, 11) is 0. The quantitative estimate of drug-likeness (QED) is 0.678. The molecule has 9 heteroatoms. The molecule has 1 aromatic carbocycles. The molecule has 0 unspecified atom stereocenters. The first-order valence-corrected chi connectivity index (χ1v) is 8.65. The first-order chi connectivity index (χ1) is 12.1. The number of ether oxygens (including phenoxy) is 2. The Kier molecular flexibility index (Phi) is 5.20. The van der Waals surface area contributed by atoms with Crippen molar-refractivity contribution in [3.63, 3.8) is 0 Å². The van der Waals surface area contributed by atoms with Gasteiger partial charge in [0.25, 0.3) is 0 Å². The Bertz CT molecular complexity index is 921. The summed E-state index contributed by atoms with van der Waals surface area (Å²) in [5, 5.41) is 4.71. The molecule has 1 amide bonds. The summed E-state index contributed by atoms with van der Waals surface area (Å²) < 4.78 is 11.9. The van der Waals surface area contributed by atoms with Crippen LogP contribution in [0.1, 0.15) is 23.0 Å². The average molecular weight is 380 g/mol. The lowest BCUT2D eigenvalue weighted by molar-refractivity contribution is 0.0467. The Morgan fingerprint density at radius 3 is 3.00 bits per heavy atom. The van der Waals surface area contributed by atoms with Gasteiger partial charge in [-0.15, -0.1) is 11.3 Å². The third-order valence-corrected chi connectivity index (χ3v) is 4.33. The minimum atomic E-state index is -0.584. The molecule has 0 aliphatic rings. The number of carbonyl (C=O) groups excluding carboxylic acids is 2. The number of hydrogen-bond acceptors (Lipinski definition) is 6. The normalized spacial score (nSPS) is 10.6. The zero-order chi connectivity index (χ0) is 17.8. The molecule has 0 atom stereocenters. The molecule has 1 N–H and O–H groups in total. The van der Waals surface area contributed by atoms with Gasteiger partial charge >= 0.3 is 12.1 Å². The third kappa shape index (κ3) is 3.92. The number of fused-ring (bicyclic) bond motifs is 1. The standard InChI is InChI=1S/C16H14ClN3O4S/c1-2-23-16(22)18-11-5-3-4-10(8-11)14(21)24-9-12-13(17)19-15-20(12)6-7-25-15/h3-8H,2,9H2,1H3,(H,18,22). The largest absolute Gasteiger partial charge is 0.456 e. The van der Waals surface area contributed by atoms with Crippen LogP contribution in [0.4, 0.5) is 10.5 Å². The molecule has 3 aromatic rings. The topological polar surface area (TPSA) is 81.9 Å². The maximum absolute atomic E-state index is 12.3. The van der Waals surface area contributed by atoms with Gasteiger partial charge in [0.2, 0.25) is 0 Å². The number of imidazole rings is 1. The van der Waals surface area contributed by atoms with E-state index in [2.05, 4.69) is 10.3 Å². The molecule has 0 aliphatic carbocycles. The van der Waals surface area contributed by atoms with Crippen LogP contribution < -0.4 is 5.32 Å². The van der Waals surface area contributed by atoms with E-state index in [-0.39, 0.29) is 13.2 Å². The van der Waals surface area contributed by atoms with E-state index in [1.54, 1.807) is 29.5 Å². The van der Waals surface area contributed by atoms with Crippen LogP contribution in [0.25, 0.3) is 4.96 Å². The van der Waals surface area contributed by atoms with E-state index in [1.165, 1.54) is 17.4 Å². The number of esters is 1. The van der Waals surface area contributed by atoms with Gasteiger partial charge in [0.15, 0.2) is 10.1 Å². The van der Waals surface area contributed by atoms with Crippen LogP contribution in [0.3, 0.4) is 0 Å². The Morgan fingerprint density at radius 1 is 1.36 bits per heavy atom. The van der Waals surface area contributed by atoms with Crippen molar-refractivity contribution in [2.24, 2.45) is 0 Å². The van der Waals surface area contributed by atoms with Crippen LogP contribution in [-0.4, -0.2) is 28.1 Å². The van der Waals surface area contributed by atoms with Gasteiger partial charge in [0, 0.05) is 17.3 Å². The highest BCUT2D eigenvalue weighted by atomic mass is 35.5. The van der Waals surface area contributed by atoms with Gasteiger partial charge in [0.05, 0.1) is 17.9 Å². The Labute approximate surface area is 152 Å². The van der Waals surface area contributed by atoms with E-state index in [1.807, 2.05) is 11.6 Å². The molecule has 130 valence electrons. The van der Waals surface area contributed by atoms with Gasteiger partial charge in [-0.1, -0.05) is 17.7 Å². The Morgan fingerprint density at radius 2 is 2.20 bits per heavy atom. The number of hydrogen-bond donors (Lipinski definition) is 1. The summed E-state index contributed by atoms with van der Waals surface area (Å²) in [5.41, 5.74) is 1.35. The highest BCUT2D eigenvalue weighted by Crippen LogP contribution is 2.22. The van der Waals surface area contributed by atoms with Crippen molar-refractivity contribution in [2.75, 3.05) is 11.9 Å². The number of carbonyl (C=O) groups is 2. The molecule has 0 spiro atoms. The molecular weight excluding hydrogens is 366 g/mol. The molecule has 0 radical (unpaired) electrons. The molecule has 0 aliphatic heterocycles. The number of nitrogens with one attached hydrogen (secondary N) is 1. The van der Waals surface area contributed by atoms with E-state index in [4.69, 9.17) is 21.1 Å². The van der Waals surface area contributed by atoms with Gasteiger partial charge in [-0.2, -0.15) is 0 Å². The predicted octanol–water partition coefficient (Wildman–Crippen LogP) is 3.97. The lowest BCUT2D eigenvalue weighted by Crippen LogP contribution is -2.14. The minimum Gasteiger partial charge on any atom is -0.456 e. The minimum absolute atomic E-state index is 0.00883. The van der Waals surface area contributed by atoms with Gasteiger partial charge in [-0.3, -0.25) is 9.72 Å². The highest BCUT2D eigenvalue weighted by Gasteiger charge is 2.15. The molecule has 7 nitrogen and oxygen atoms in total. The summed E-state index contributed by atoms with van der Waals surface area (Å²) in [6.07, 6.45) is 1.23. The predicted molar refractivity (Wildman–Crippen MR) is 94.3 cm³/mol. The SMILES string of the molecule is CCOC(=O)Nc1cccc(C(=O)OCc2c(Cl)nc3sccn23)c1. The molecule has 3 rings (SSSR count). The molecular formula is C16H14ClN3O4S. The summed E-state index contributed by atoms with van der Waals surface area (Å²) in [5.74, 6) is -0.534. The van der Waals surface area contributed by atoms with Crippen molar-refractivity contribution in [1.82, 2.24) is 9.38 Å². The monoisotopic (exact) mass is 379 g/mol. The molecule has 0 saturated carbocycles. The maximum atomic E-state index is 12.3. The van der Waals surface area contributed by atoms with E-state index in [0.29, 0.717) is 22.1 Å². The summed E-state index contributed by atoms with van der Waals surface area (Å²) >= 11 is 7.51. The van der Waals surface area contributed by atoms with Crippen molar-refractivity contribution in [3.05, 3.63) is 52.3 Å². The molecule has 0 saturated heterocycles. The number of thiazole rings is 1. The number of benzene rings is 1. The molecule has 2 heterocycles. The van der Waals surface area contributed by atoms with Crippen LogP contribution in [-0.2, 0) is 16.1 Å². The van der Waals surface area contributed by atoms with Crippen LogP contribution in [0.2, 0.25) is 5.15 Å². The number of amides is 1. The number of aromatic nitrogens is 2. The maximum Gasteiger partial charge on any atom is 0.411 e. The van der Waals surface area contributed by atoms with Crippen molar-refractivity contribution in [2.45, 2.75) is 13.5 Å². The highest BCUT2D eigenvalue weighted by molar-refractivity contribution is 7.15. The number of nitrogens with zero attached hydrogens (tertiary/aromatic N) is 2. The lowest BCUT2D eigenvalue weighted by atomic mass is 10.2. The number of rotatable bonds is 5. The Hall–Kier alpha value is -2.58. The number of anilines is 1. The fraction of sp³-hybridized carbons (Fsp3) is 0.188. The van der Waals surface area contributed by atoms with Gasteiger partial charge < -0.3 is 9.47 Å². The fourth-order valence-corrected chi connectivity index (χ4v) is 3.17. The van der Waals surface area contributed by atoms with Crippen LogP contribution in [0.5, 0.6) is 0 Å². The van der Waals surface area contributed by atoms with Gasteiger partial charge in [-0.05, 0) is 25.1 Å². The van der Waals surface area contributed by atoms with Crippen LogP contribution >= 0.6 is 22.9 Å². The Balaban J connectivity index is 1.68. The average Bonchev–Trinajstić information content (AvgIpc) is 3.14. The molecule has 25 heavy (non-hydrogen) atoms. The van der Waals surface area contributed by atoms with E-state index in [9.17, 15) is 9.59 Å². The van der Waals surface area contributed by atoms with E-state index >= 15 is 0 Å². The van der Waals surface area contributed by atoms with Crippen molar-refractivity contribution < 1.29 is 19.1 Å². The first kappa shape index (κ1) is 17.2. The molecule has 0 fully saturated rings. The van der Waals surface area contributed by atoms with Gasteiger partial charge in [-0.25, -0.2) is 14.6 Å². The first-order valence-electron chi connectivity index (χ1n) is 7.39. The zero-order valence-electron chi connectivity index (χ0n) is 13.2. The third-order valence-electron chi connectivity index (χ3n) is 3.27. The lowest BCUT2D eigenvalue weighted by Gasteiger charge is -2.08. The second-order valence-corrected chi connectivity index (χ2v) is 6.14. The van der Waals surface area contributed by atoms with Crippen LogP contribution in [0, 0.1) is 0 Å². The molecule has 2 aromatic heterocycles. The second kappa shape index (κ2) is 7.54. The number of halogens is 1. The summed E-state index contributed by atoms with van der Waals surface area (Å²) in [6.45, 7) is 1.96. The van der Waals surface area contributed by atoms with E-state index < -0.39 is 12.1 Å². The summed E-state index contributed by atoms with van der Waals surface area (Å²) in [4.78, 5) is 28.6. The second-order valence-electron chi connectivity index (χ2n) is 4.91.